The highest BCUT2D eigenvalue weighted by molar-refractivity contribution is 5.75. The molecule has 29 heavy (non-hydrogen) atoms. The molecule has 0 aliphatic carbocycles. The van der Waals surface area contributed by atoms with Gasteiger partial charge in [0, 0.05) is 11.6 Å². The quantitative estimate of drug-likeness (QED) is 0.595. The minimum atomic E-state index is -0.328. The van der Waals surface area contributed by atoms with E-state index in [1.165, 1.54) is 6.07 Å². The first-order valence-electron chi connectivity index (χ1n) is 9.24. The van der Waals surface area contributed by atoms with Gasteiger partial charge in [-0.05, 0) is 37.3 Å². The second kappa shape index (κ2) is 9.54. The normalized spacial score (nSPS) is 10.4. The van der Waals surface area contributed by atoms with Crippen LogP contribution in [-0.2, 0) is 11.3 Å². The predicted octanol–water partition coefficient (Wildman–Crippen LogP) is 2.42. The largest absolute Gasteiger partial charge is 0.497 e. The second-order valence-electron chi connectivity index (χ2n) is 6.45. The van der Waals surface area contributed by atoms with E-state index in [9.17, 15) is 9.59 Å². The van der Waals surface area contributed by atoms with E-state index in [1.807, 2.05) is 31.2 Å². The molecule has 2 aromatic carbocycles. The second-order valence-corrected chi connectivity index (χ2v) is 6.45. The average Bonchev–Trinajstić information content (AvgIpc) is 2.74. The van der Waals surface area contributed by atoms with Gasteiger partial charge in [-0.25, -0.2) is 4.68 Å². The molecule has 0 spiro atoms. The van der Waals surface area contributed by atoms with E-state index in [2.05, 4.69) is 10.4 Å². The van der Waals surface area contributed by atoms with Crippen molar-refractivity contribution >= 4 is 5.91 Å². The molecular formula is C22H23N3O4. The summed E-state index contributed by atoms with van der Waals surface area (Å²) in [7, 11) is 1.60. The molecule has 1 amide bonds. The van der Waals surface area contributed by atoms with Gasteiger partial charge in [0.15, 0.2) is 0 Å². The molecule has 7 heteroatoms. The summed E-state index contributed by atoms with van der Waals surface area (Å²) in [6.45, 7) is 2.48. The summed E-state index contributed by atoms with van der Waals surface area (Å²) < 4.78 is 11.8. The van der Waals surface area contributed by atoms with Crippen LogP contribution in [0, 0.1) is 6.92 Å². The molecule has 7 nitrogen and oxygen atoms in total. The number of rotatable bonds is 8. The average molecular weight is 393 g/mol. The first kappa shape index (κ1) is 20.1. The number of benzene rings is 2. The number of nitrogens with one attached hydrogen (secondary N) is 1. The fourth-order valence-electron chi connectivity index (χ4n) is 2.66. The summed E-state index contributed by atoms with van der Waals surface area (Å²) in [5.41, 5.74) is 2.33. The maximum Gasteiger partial charge on any atom is 0.267 e. The van der Waals surface area contributed by atoms with Gasteiger partial charge in [0.25, 0.3) is 5.56 Å². The van der Waals surface area contributed by atoms with Crippen LogP contribution >= 0.6 is 0 Å². The highest BCUT2D eigenvalue weighted by Gasteiger charge is 2.08. The van der Waals surface area contributed by atoms with Crippen molar-refractivity contribution < 1.29 is 14.3 Å². The third-order valence-corrected chi connectivity index (χ3v) is 4.26. The molecule has 150 valence electrons. The van der Waals surface area contributed by atoms with E-state index in [4.69, 9.17) is 9.47 Å². The number of methoxy groups -OCH3 is 1. The van der Waals surface area contributed by atoms with Crippen LogP contribution in [0.3, 0.4) is 0 Å². The molecule has 0 atom stereocenters. The number of aromatic nitrogens is 2. The van der Waals surface area contributed by atoms with Crippen LogP contribution in [-0.4, -0.2) is 35.9 Å². The van der Waals surface area contributed by atoms with Crippen molar-refractivity contribution in [3.05, 3.63) is 76.6 Å². The fourth-order valence-corrected chi connectivity index (χ4v) is 2.66. The van der Waals surface area contributed by atoms with Gasteiger partial charge in [-0.15, -0.1) is 0 Å². The SMILES string of the molecule is COc1ccc(OCCNC(=O)Cn2nc(-c3ccc(C)cc3)ccc2=O)cc1. The van der Waals surface area contributed by atoms with E-state index in [1.54, 1.807) is 37.4 Å². The third-order valence-electron chi connectivity index (χ3n) is 4.26. The summed E-state index contributed by atoms with van der Waals surface area (Å²) in [6.07, 6.45) is 0. The molecule has 0 unspecified atom stereocenters. The third kappa shape index (κ3) is 5.68. The maximum absolute atomic E-state index is 12.2. The lowest BCUT2D eigenvalue weighted by Gasteiger charge is -2.10. The predicted molar refractivity (Wildman–Crippen MR) is 110 cm³/mol. The van der Waals surface area contributed by atoms with Crippen molar-refractivity contribution in [1.82, 2.24) is 15.1 Å². The van der Waals surface area contributed by atoms with E-state index < -0.39 is 0 Å². The number of nitrogens with zero attached hydrogens (tertiary/aromatic N) is 2. The molecule has 0 fully saturated rings. The van der Waals surface area contributed by atoms with Gasteiger partial charge < -0.3 is 14.8 Å². The van der Waals surface area contributed by atoms with Crippen molar-refractivity contribution in [3.8, 4) is 22.8 Å². The molecule has 0 saturated heterocycles. The van der Waals surface area contributed by atoms with Crippen molar-refractivity contribution in [1.29, 1.82) is 0 Å². The lowest BCUT2D eigenvalue weighted by molar-refractivity contribution is -0.122. The van der Waals surface area contributed by atoms with Gasteiger partial charge in [-0.3, -0.25) is 9.59 Å². The van der Waals surface area contributed by atoms with Gasteiger partial charge in [-0.1, -0.05) is 29.8 Å². The van der Waals surface area contributed by atoms with Gasteiger partial charge in [0.05, 0.1) is 19.3 Å². The highest BCUT2D eigenvalue weighted by atomic mass is 16.5. The summed E-state index contributed by atoms with van der Waals surface area (Å²) >= 11 is 0. The molecule has 0 saturated carbocycles. The molecule has 0 radical (unpaired) electrons. The Kier molecular flexibility index (Phi) is 6.63. The van der Waals surface area contributed by atoms with Crippen molar-refractivity contribution in [2.45, 2.75) is 13.5 Å². The number of ether oxygens (including phenoxy) is 2. The first-order chi connectivity index (χ1) is 14.0. The molecule has 3 rings (SSSR count). The number of aryl methyl sites for hydroxylation is 1. The Balaban J connectivity index is 1.52. The van der Waals surface area contributed by atoms with Crippen molar-refractivity contribution in [3.63, 3.8) is 0 Å². The molecule has 1 heterocycles. The van der Waals surface area contributed by atoms with Crippen molar-refractivity contribution in [2.75, 3.05) is 20.3 Å². The smallest absolute Gasteiger partial charge is 0.267 e. The van der Waals surface area contributed by atoms with Gasteiger partial charge in [0.2, 0.25) is 5.91 Å². The van der Waals surface area contributed by atoms with Crippen LogP contribution in [0.4, 0.5) is 0 Å². The first-order valence-corrected chi connectivity index (χ1v) is 9.24. The Bertz CT molecular complexity index is 1010. The number of amides is 1. The minimum Gasteiger partial charge on any atom is -0.497 e. The number of carbonyl (C=O) groups excluding carboxylic acids is 1. The zero-order valence-corrected chi connectivity index (χ0v) is 16.4. The lowest BCUT2D eigenvalue weighted by atomic mass is 10.1. The number of hydrogen-bond acceptors (Lipinski definition) is 5. The van der Waals surface area contributed by atoms with Crippen LogP contribution in [0.1, 0.15) is 5.56 Å². The highest BCUT2D eigenvalue weighted by Crippen LogP contribution is 2.17. The van der Waals surface area contributed by atoms with E-state index >= 15 is 0 Å². The van der Waals surface area contributed by atoms with Crippen LogP contribution < -0.4 is 20.3 Å². The maximum atomic E-state index is 12.2. The van der Waals surface area contributed by atoms with E-state index in [0.29, 0.717) is 24.6 Å². The lowest BCUT2D eigenvalue weighted by Crippen LogP contribution is -2.35. The zero-order chi connectivity index (χ0) is 20.6. The van der Waals surface area contributed by atoms with Crippen LogP contribution in [0.2, 0.25) is 0 Å². The molecular weight excluding hydrogens is 370 g/mol. The standard InChI is InChI=1S/C22H23N3O4/c1-16-3-5-17(6-4-16)20-11-12-22(27)25(24-20)15-21(26)23-13-14-29-19-9-7-18(28-2)8-10-19/h3-12H,13-15H2,1-2H3,(H,23,26). The van der Waals surface area contributed by atoms with Crippen molar-refractivity contribution in [2.24, 2.45) is 0 Å². The molecule has 0 aliphatic rings. The minimum absolute atomic E-state index is 0.152. The Morgan fingerprint density at radius 1 is 1.00 bits per heavy atom. The van der Waals surface area contributed by atoms with Gasteiger partial charge >= 0.3 is 0 Å². The molecule has 1 aromatic heterocycles. The zero-order valence-electron chi connectivity index (χ0n) is 16.4. The summed E-state index contributed by atoms with van der Waals surface area (Å²) in [4.78, 5) is 24.2. The van der Waals surface area contributed by atoms with Gasteiger partial charge in [0.1, 0.15) is 24.7 Å². The molecule has 1 N–H and O–H groups in total. The fraction of sp³-hybridized carbons (Fsp3) is 0.227. The monoisotopic (exact) mass is 393 g/mol. The van der Waals surface area contributed by atoms with Crippen LogP contribution in [0.5, 0.6) is 11.5 Å². The number of carbonyl (C=O) groups is 1. The molecule has 0 aliphatic heterocycles. The Hall–Kier alpha value is -3.61. The summed E-state index contributed by atoms with van der Waals surface area (Å²) in [5, 5.41) is 7.03. The number of hydrogen-bond donors (Lipinski definition) is 1. The van der Waals surface area contributed by atoms with Crippen LogP contribution in [0.25, 0.3) is 11.3 Å². The molecule has 0 bridgehead atoms. The summed E-state index contributed by atoms with van der Waals surface area (Å²) in [6, 6.07) is 18.1. The topological polar surface area (TPSA) is 82.4 Å². The van der Waals surface area contributed by atoms with Gasteiger partial charge in [-0.2, -0.15) is 5.10 Å². The Labute approximate surface area is 168 Å². The van der Waals surface area contributed by atoms with Crippen LogP contribution in [0.15, 0.2) is 65.5 Å². The Morgan fingerprint density at radius 3 is 2.38 bits per heavy atom. The van der Waals surface area contributed by atoms with E-state index in [0.717, 1.165) is 21.6 Å². The van der Waals surface area contributed by atoms with E-state index in [-0.39, 0.29) is 18.0 Å². The summed E-state index contributed by atoms with van der Waals surface area (Å²) in [5.74, 6) is 1.12. The molecule has 3 aromatic rings. The Morgan fingerprint density at radius 2 is 1.69 bits per heavy atom.